The fraction of sp³-hybridized carbons (Fsp3) is 0.643. The van der Waals surface area contributed by atoms with E-state index < -0.39 is 104 Å². The summed E-state index contributed by atoms with van der Waals surface area (Å²) in [6.45, 7) is 9.35. The molecular weight excluding hydrogens is 824 g/mol. The minimum absolute atomic E-state index is 0.0606. The van der Waals surface area contributed by atoms with E-state index in [1.54, 1.807) is 26.8 Å². The molecule has 2 aromatic rings. The summed E-state index contributed by atoms with van der Waals surface area (Å²) in [7, 11) is -1.69. The number of carboxylic acid groups (broad SMARTS) is 1. The second-order valence-electron chi connectivity index (χ2n) is 17.5. The smallest absolute Gasteiger partial charge is 0.408 e. The van der Waals surface area contributed by atoms with Crippen LogP contribution in [0, 0.1) is 23.6 Å². The maximum Gasteiger partial charge on any atom is 0.408 e. The number of halogens is 3. The highest BCUT2D eigenvalue weighted by Gasteiger charge is 2.71. The minimum Gasteiger partial charge on any atom is -0.494 e. The molecule has 0 bridgehead atoms. The van der Waals surface area contributed by atoms with Crippen LogP contribution < -0.4 is 24.2 Å². The Morgan fingerprint density at radius 2 is 1.80 bits per heavy atom. The van der Waals surface area contributed by atoms with Gasteiger partial charge in [-0.05, 0) is 95.1 Å². The molecule has 3 fully saturated rings. The lowest BCUT2D eigenvalue weighted by Gasteiger charge is -2.43. The van der Waals surface area contributed by atoms with Crippen molar-refractivity contribution >= 4 is 44.6 Å². The van der Waals surface area contributed by atoms with E-state index in [1.807, 2.05) is 13.0 Å². The van der Waals surface area contributed by atoms with Crippen molar-refractivity contribution in [3.63, 3.8) is 0 Å². The molecule has 4 aliphatic rings. The molecule has 336 valence electrons. The molecule has 0 radical (unpaired) electrons. The first-order valence-electron chi connectivity index (χ1n) is 20.7. The number of nitrogens with zero attached hydrogens (tertiary/aromatic N) is 3. The van der Waals surface area contributed by atoms with Gasteiger partial charge < -0.3 is 24.6 Å². The Balaban J connectivity index is 1.52. The molecule has 1 saturated heterocycles. The number of amides is 4. The van der Waals surface area contributed by atoms with Crippen LogP contribution in [0.5, 0.6) is 17.5 Å². The van der Waals surface area contributed by atoms with E-state index in [1.165, 1.54) is 33.3 Å². The summed E-state index contributed by atoms with van der Waals surface area (Å²) in [6.07, 6.45) is 3.38. The number of allylic oxidation sites excluding steroid dienone is 1. The van der Waals surface area contributed by atoms with Crippen molar-refractivity contribution in [3.8, 4) is 17.5 Å². The third kappa shape index (κ3) is 8.18. The number of carbonyl (C=O) groups is 4. The van der Waals surface area contributed by atoms with E-state index in [9.17, 15) is 27.9 Å². The highest BCUT2D eigenvalue weighted by Crippen LogP contribution is 2.52. The number of pyridine rings is 1. The van der Waals surface area contributed by atoms with Gasteiger partial charge in [-0.1, -0.05) is 39.3 Å². The van der Waals surface area contributed by atoms with Gasteiger partial charge in [-0.25, -0.2) is 17.6 Å². The van der Waals surface area contributed by atoms with Crippen molar-refractivity contribution in [1.29, 1.82) is 0 Å². The average Bonchev–Trinajstić information content (AvgIpc) is 4.11. The van der Waals surface area contributed by atoms with Crippen molar-refractivity contribution in [1.82, 2.24) is 24.8 Å². The quantitative estimate of drug-likeness (QED) is 0.173. The summed E-state index contributed by atoms with van der Waals surface area (Å²) >= 11 is 0. The number of ether oxygens (including phenoxy) is 3. The zero-order valence-corrected chi connectivity index (χ0v) is 36.5. The number of methoxy groups -OCH3 is 2. The van der Waals surface area contributed by atoms with Gasteiger partial charge in [0.15, 0.2) is 17.2 Å². The van der Waals surface area contributed by atoms with Crippen molar-refractivity contribution in [2.75, 3.05) is 14.2 Å². The molecule has 2 aliphatic carbocycles. The number of hydrogen-bond acceptors (Lipinski definition) is 10. The molecule has 1 aromatic carbocycles. The van der Waals surface area contributed by atoms with Crippen LogP contribution in [0.4, 0.5) is 18.0 Å². The predicted molar refractivity (Wildman–Crippen MR) is 217 cm³/mol. The molecule has 3 N–H and O–H groups in total. The number of rotatable bonds is 11. The number of carbonyl (C=O) groups excluding carboxylic acids is 3. The van der Waals surface area contributed by atoms with Crippen molar-refractivity contribution in [2.24, 2.45) is 17.8 Å². The maximum atomic E-state index is 17.8. The van der Waals surface area contributed by atoms with E-state index in [0.29, 0.717) is 25.7 Å². The lowest BCUT2D eigenvalue weighted by atomic mass is 9.83. The topological polar surface area (TPSA) is 194 Å². The zero-order chi connectivity index (χ0) is 45.0. The Labute approximate surface area is 353 Å². The van der Waals surface area contributed by atoms with Crippen molar-refractivity contribution in [2.45, 2.75) is 139 Å². The summed E-state index contributed by atoms with van der Waals surface area (Å²) in [6, 6.07) is -5.37. The molecule has 2 saturated carbocycles. The van der Waals surface area contributed by atoms with Gasteiger partial charge in [0.1, 0.15) is 17.6 Å². The molecule has 15 nitrogen and oxygen atoms in total. The van der Waals surface area contributed by atoms with Gasteiger partial charge in [-0.15, -0.1) is 0 Å². The Kier molecular flexibility index (Phi) is 12.3. The summed E-state index contributed by atoms with van der Waals surface area (Å²) in [5.74, 6) is -6.94. The molecule has 3 heterocycles. The van der Waals surface area contributed by atoms with E-state index in [-0.39, 0.29) is 58.9 Å². The number of benzene rings is 1. The Morgan fingerprint density at radius 3 is 2.39 bits per heavy atom. The molecule has 1 aromatic heterocycles. The first-order chi connectivity index (χ1) is 28.5. The molecule has 8 atom stereocenters. The third-order valence-electron chi connectivity index (χ3n) is 13.3. The number of sulfonamides is 1. The molecule has 4 amide bonds. The van der Waals surface area contributed by atoms with Crippen LogP contribution in [0.1, 0.15) is 99.3 Å². The summed E-state index contributed by atoms with van der Waals surface area (Å²) in [5, 5.41) is 13.4. The second-order valence-corrected chi connectivity index (χ2v) is 19.7. The lowest BCUT2D eigenvalue weighted by molar-refractivity contribution is -0.219. The predicted octanol–water partition coefficient (Wildman–Crippen LogP) is 6.15. The third-order valence-corrected chi connectivity index (χ3v) is 15.4. The average molecular weight is 880 g/mol. The van der Waals surface area contributed by atoms with Gasteiger partial charge >= 0.3 is 12.1 Å². The SMILES string of the molecule is CCC(C)N(C(=O)O)[C@@H]1C(=O)N2[C@@H](C[C@@](C)(Oc3nc(OC)cc4cc(OC)c(F)cc34)C2(F)F)C(=O)N[C@]2(C(=O)NS(=O)(=O)C3(C)CC3)C[C@H]2/C=C\CC[C@@H](C)C[C@H]1CC. The molecule has 19 heteroatoms. The Hall–Kier alpha value is -4.81. The van der Waals surface area contributed by atoms with Gasteiger partial charge in [0.25, 0.3) is 11.8 Å². The van der Waals surface area contributed by atoms with Gasteiger partial charge in [0.2, 0.25) is 27.7 Å². The summed E-state index contributed by atoms with van der Waals surface area (Å²) in [4.78, 5) is 62.4. The second kappa shape index (κ2) is 16.5. The highest BCUT2D eigenvalue weighted by atomic mass is 32.2. The molecule has 2 aliphatic heterocycles. The molecule has 61 heavy (non-hydrogen) atoms. The lowest BCUT2D eigenvalue weighted by Crippen LogP contribution is -2.65. The zero-order valence-electron chi connectivity index (χ0n) is 35.7. The first kappa shape index (κ1) is 45.7. The fourth-order valence-electron chi connectivity index (χ4n) is 8.72. The Bertz CT molecular complexity index is 2220. The van der Waals surface area contributed by atoms with Crippen LogP contribution in [-0.4, -0.2) is 106 Å². The van der Waals surface area contributed by atoms with Crippen LogP contribution >= 0.6 is 0 Å². The van der Waals surface area contributed by atoms with Crippen LogP contribution in [0.3, 0.4) is 0 Å². The minimum atomic E-state index is -4.41. The number of hydrogen-bond donors (Lipinski definition) is 3. The van der Waals surface area contributed by atoms with E-state index in [2.05, 4.69) is 15.0 Å². The number of fused-ring (bicyclic) bond motifs is 3. The first-order valence-corrected chi connectivity index (χ1v) is 22.2. The van der Waals surface area contributed by atoms with Gasteiger partial charge in [-0.3, -0.25) is 28.9 Å². The Morgan fingerprint density at radius 1 is 1.11 bits per heavy atom. The van der Waals surface area contributed by atoms with Crippen molar-refractivity contribution < 1.29 is 60.1 Å². The molecule has 6 rings (SSSR count). The standard InChI is InChI=1S/C42H56F3N5O10S/c1-9-24(4)49(38(54)55)33-25(10-2)17-23(3)13-11-12-14-27-21-41(27,37(53)48-61(56,57)39(5)15-16-39)47-34(51)30-22-40(6,42(44,45)50(30)36(33)52)60-35-28-20-29(43)31(58-7)18-26(28)19-32(46-35)59-8/h12,14,18-20,23-25,27,30,33H,9-11,13,15-17,21-22H2,1-8H3,(H,47,51)(H,48,53)(H,54,55)/b14-12-/t23-,24?,25-,27-,30+,33+,40-,41-/m1/s1. The van der Waals surface area contributed by atoms with Gasteiger partial charge in [0, 0.05) is 29.8 Å². The van der Waals surface area contributed by atoms with Crippen molar-refractivity contribution in [3.05, 3.63) is 36.2 Å². The fourth-order valence-corrected chi connectivity index (χ4v) is 10.0. The normalized spacial score (nSPS) is 30.7. The van der Waals surface area contributed by atoms with E-state index >= 15 is 18.0 Å². The molecular formula is C42H56F3N5O10S. The largest absolute Gasteiger partial charge is 0.494 e. The molecule has 0 spiro atoms. The molecule has 1 unspecified atom stereocenters. The number of nitrogens with one attached hydrogen (secondary N) is 2. The van der Waals surface area contributed by atoms with E-state index in [4.69, 9.17) is 14.2 Å². The van der Waals surface area contributed by atoms with Crippen LogP contribution in [0.15, 0.2) is 30.4 Å². The van der Waals surface area contributed by atoms with Gasteiger partial charge in [-0.2, -0.15) is 13.8 Å². The summed E-state index contributed by atoms with van der Waals surface area (Å²) in [5.41, 5.74) is -4.71. The van der Waals surface area contributed by atoms with Gasteiger partial charge in [0.05, 0.1) is 19.0 Å². The van der Waals surface area contributed by atoms with Crippen LogP contribution in [0.2, 0.25) is 0 Å². The summed E-state index contributed by atoms with van der Waals surface area (Å²) < 4.78 is 94.8. The number of alkyl halides is 2. The van der Waals surface area contributed by atoms with Crippen LogP contribution in [0.25, 0.3) is 10.8 Å². The van der Waals surface area contributed by atoms with Crippen LogP contribution in [-0.2, 0) is 24.4 Å². The monoisotopic (exact) mass is 879 g/mol. The number of aromatic nitrogens is 1. The maximum absolute atomic E-state index is 17.8. The highest BCUT2D eigenvalue weighted by molar-refractivity contribution is 7.91. The van der Waals surface area contributed by atoms with E-state index in [0.717, 1.165) is 17.9 Å².